The lowest BCUT2D eigenvalue weighted by Crippen LogP contribution is -2.47. The topological polar surface area (TPSA) is 36.9 Å². The molecular formula is C36H36O4Si. The molecule has 208 valence electrons. The molecular weight excluding hydrogens is 524 g/mol. The van der Waals surface area contributed by atoms with E-state index in [9.17, 15) is 0 Å². The minimum atomic E-state index is -4.14. The molecule has 0 aliphatic carbocycles. The molecule has 5 heteroatoms. The zero-order valence-electron chi connectivity index (χ0n) is 24.0. The molecule has 0 unspecified atom stereocenters. The van der Waals surface area contributed by atoms with Crippen molar-refractivity contribution in [3.8, 4) is 0 Å². The van der Waals surface area contributed by atoms with E-state index in [0.717, 1.165) is 22.3 Å². The van der Waals surface area contributed by atoms with Crippen molar-refractivity contribution in [1.29, 1.82) is 0 Å². The fourth-order valence-corrected chi connectivity index (χ4v) is 6.48. The quantitative estimate of drug-likeness (QED) is 0.128. The number of hydrogen-bond acceptors (Lipinski definition) is 4. The summed E-state index contributed by atoms with van der Waals surface area (Å²) in [5.41, 5.74) is 3.53. The van der Waals surface area contributed by atoms with E-state index in [0.29, 0.717) is 23.0 Å². The van der Waals surface area contributed by atoms with E-state index in [1.165, 1.54) is 0 Å². The highest BCUT2D eigenvalue weighted by Crippen LogP contribution is 2.35. The minimum absolute atomic E-state index is 0.591. The van der Waals surface area contributed by atoms with Gasteiger partial charge in [-0.1, -0.05) is 121 Å². The molecule has 4 aromatic carbocycles. The van der Waals surface area contributed by atoms with Crippen molar-refractivity contribution in [2.45, 2.75) is 27.7 Å². The second-order valence-electron chi connectivity index (χ2n) is 8.98. The molecule has 0 N–H and O–H groups in total. The third-order valence-corrected chi connectivity index (χ3v) is 8.10. The van der Waals surface area contributed by atoms with Gasteiger partial charge in [0, 0.05) is 22.3 Å². The maximum atomic E-state index is 6.85. The van der Waals surface area contributed by atoms with E-state index in [4.69, 9.17) is 17.7 Å². The molecule has 0 bridgehead atoms. The highest BCUT2D eigenvalue weighted by Gasteiger charge is 2.60. The summed E-state index contributed by atoms with van der Waals surface area (Å²) in [7, 11) is -4.14. The zero-order chi connectivity index (χ0) is 28.9. The average molecular weight is 561 g/mol. The Morgan fingerprint density at radius 3 is 0.732 bits per heavy atom. The molecule has 0 atom stereocenters. The summed E-state index contributed by atoms with van der Waals surface area (Å²) >= 11 is 0. The Morgan fingerprint density at radius 1 is 0.366 bits per heavy atom. The Kier molecular flexibility index (Phi) is 10.4. The molecule has 4 nitrogen and oxygen atoms in total. The Balaban J connectivity index is 1.89. The molecule has 0 saturated carbocycles. The van der Waals surface area contributed by atoms with E-state index < -0.39 is 9.05 Å². The molecule has 0 aliphatic rings. The number of allylic oxidation sites excluding steroid dienone is 4. The van der Waals surface area contributed by atoms with Crippen molar-refractivity contribution in [2.75, 3.05) is 0 Å². The van der Waals surface area contributed by atoms with Gasteiger partial charge in [-0.05, 0) is 52.0 Å². The fraction of sp³-hybridized carbons (Fsp3) is 0.111. The Bertz CT molecular complexity index is 1260. The van der Waals surface area contributed by atoms with Crippen LogP contribution < -0.4 is 0 Å². The molecule has 4 rings (SSSR count). The third kappa shape index (κ3) is 7.68. The summed E-state index contributed by atoms with van der Waals surface area (Å²) < 4.78 is 27.4. The van der Waals surface area contributed by atoms with Crippen molar-refractivity contribution in [3.63, 3.8) is 0 Å². The molecule has 0 heterocycles. The number of rotatable bonds is 12. The van der Waals surface area contributed by atoms with Crippen molar-refractivity contribution in [2.24, 2.45) is 0 Å². The van der Waals surface area contributed by atoms with Crippen molar-refractivity contribution in [1.82, 2.24) is 0 Å². The second-order valence-corrected chi connectivity index (χ2v) is 10.8. The largest absolute Gasteiger partial charge is 0.966 e. The monoisotopic (exact) mass is 560 g/mol. The lowest BCUT2D eigenvalue weighted by molar-refractivity contribution is 0.108. The first-order valence-electron chi connectivity index (χ1n) is 13.7. The standard InChI is InChI=1S/C36H36O4Si/c1-5-33(29-21-13-9-14-22-29)37-41(38-34(6-2)30-23-15-10-16-24-30,39-35(7-3)31-25-17-11-18-26-31)40-36(8-4)32-27-19-12-20-28-32/h5-28H,1-4H3/b33-5-,34-6-,35-7-,36-8-. The fourth-order valence-electron chi connectivity index (χ4n) is 4.21. The normalized spacial score (nSPS) is 13.0. The van der Waals surface area contributed by atoms with Gasteiger partial charge in [-0.15, -0.1) is 0 Å². The van der Waals surface area contributed by atoms with Gasteiger partial charge in [-0.3, -0.25) is 0 Å². The van der Waals surface area contributed by atoms with Gasteiger partial charge < -0.3 is 17.7 Å². The van der Waals surface area contributed by atoms with Crippen LogP contribution in [0.2, 0.25) is 0 Å². The van der Waals surface area contributed by atoms with Gasteiger partial charge in [-0.25, -0.2) is 0 Å². The van der Waals surface area contributed by atoms with Gasteiger partial charge >= 0.3 is 9.05 Å². The van der Waals surface area contributed by atoms with Crippen LogP contribution in [0.15, 0.2) is 146 Å². The van der Waals surface area contributed by atoms with E-state index >= 15 is 0 Å². The Morgan fingerprint density at radius 2 is 0.561 bits per heavy atom. The molecule has 41 heavy (non-hydrogen) atoms. The predicted molar refractivity (Wildman–Crippen MR) is 170 cm³/mol. The Hall–Kier alpha value is -4.74. The van der Waals surface area contributed by atoms with E-state index in [-0.39, 0.29) is 0 Å². The van der Waals surface area contributed by atoms with Crippen molar-refractivity contribution < 1.29 is 17.7 Å². The highest BCUT2D eigenvalue weighted by atomic mass is 28.4. The first-order valence-corrected chi connectivity index (χ1v) is 15.4. The lowest BCUT2D eigenvalue weighted by atomic mass is 10.2. The summed E-state index contributed by atoms with van der Waals surface area (Å²) in [6, 6.07) is 39.6. The van der Waals surface area contributed by atoms with Crippen molar-refractivity contribution in [3.05, 3.63) is 168 Å². The van der Waals surface area contributed by atoms with Gasteiger partial charge in [0.1, 0.15) is 23.0 Å². The van der Waals surface area contributed by atoms with Crippen LogP contribution in [0.1, 0.15) is 49.9 Å². The first-order chi connectivity index (χ1) is 20.1. The lowest BCUT2D eigenvalue weighted by Gasteiger charge is -2.32. The molecule has 0 radical (unpaired) electrons. The molecule has 0 saturated heterocycles. The van der Waals surface area contributed by atoms with Crippen LogP contribution in [0, 0.1) is 0 Å². The molecule has 0 spiro atoms. The zero-order valence-corrected chi connectivity index (χ0v) is 25.0. The van der Waals surface area contributed by atoms with E-state index in [2.05, 4.69) is 0 Å². The van der Waals surface area contributed by atoms with Crippen LogP contribution in [0.25, 0.3) is 23.0 Å². The van der Waals surface area contributed by atoms with Crippen LogP contribution in [-0.2, 0) is 17.7 Å². The van der Waals surface area contributed by atoms with Crippen LogP contribution in [-0.4, -0.2) is 9.05 Å². The summed E-state index contributed by atoms with van der Waals surface area (Å²) in [4.78, 5) is 0. The third-order valence-electron chi connectivity index (χ3n) is 6.22. The van der Waals surface area contributed by atoms with Crippen LogP contribution >= 0.6 is 0 Å². The van der Waals surface area contributed by atoms with Gasteiger partial charge in [-0.2, -0.15) is 0 Å². The molecule has 0 aliphatic heterocycles. The number of hydrogen-bond donors (Lipinski definition) is 0. The molecule has 0 aromatic heterocycles. The van der Waals surface area contributed by atoms with Gasteiger partial charge in [0.25, 0.3) is 0 Å². The summed E-state index contributed by atoms with van der Waals surface area (Å²) in [6.07, 6.45) is 7.61. The maximum absolute atomic E-state index is 6.85. The first kappa shape index (κ1) is 29.2. The van der Waals surface area contributed by atoms with E-state index in [1.807, 2.05) is 173 Å². The summed E-state index contributed by atoms with van der Waals surface area (Å²) in [6.45, 7) is 7.71. The van der Waals surface area contributed by atoms with E-state index in [1.54, 1.807) is 0 Å². The molecule has 4 aromatic rings. The highest BCUT2D eigenvalue weighted by molar-refractivity contribution is 6.57. The van der Waals surface area contributed by atoms with Gasteiger partial charge in [0.15, 0.2) is 0 Å². The minimum Gasteiger partial charge on any atom is -0.452 e. The average Bonchev–Trinajstić information content (AvgIpc) is 3.05. The van der Waals surface area contributed by atoms with Crippen molar-refractivity contribution >= 4 is 32.1 Å². The molecule has 0 amide bonds. The smallest absolute Gasteiger partial charge is 0.452 e. The van der Waals surface area contributed by atoms with Gasteiger partial charge in [0.05, 0.1) is 0 Å². The summed E-state index contributed by atoms with van der Waals surface area (Å²) in [5.74, 6) is 2.36. The predicted octanol–water partition coefficient (Wildman–Crippen LogP) is 9.73. The van der Waals surface area contributed by atoms with Crippen LogP contribution in [0.4, 0.5) is 0 Å². The van der Waals surface area contributed by atoms with Gasteiger partial charge in [0.2, 0.25) is 0 Å². The van der Waals surface area contributed by atoms with Crippen LogP contribution in [0.5, 0.6) is 0 Å². The summed E-state index contributed by atoms with van der Waals surface area (Å²) in [5, 5.41) is 0. The number of benzene rings is 4. The Labute approximate surface area is 245 Å². The molecule has 0 fully saturated rings. The second kappa shape index (κ2) is 14.6. The van der Waals surface area contributed by atoms with Crippen LogP contribution in [0.3, 0.4) is 0 Å². The SMILES string of the molecule is C/C=C(\O[Si](O/C(=C\C)c1ccccc1)(O/C(=C\C)c1ccccc1)O/C(=C\C)c1ccccc1)c1ccccc1. The maximum Gasteiger partial charge on any atom is 0.966 e.